The molecule has 0 radical (unpaired) electrons. The summed E-state index contributed by atoms with van der Waals surface area (Å²) in [4.78, 5) is 14.6. The first kappa shape index (κ1) is 13.7. The van der Waals surface area contributed by atoms with Crippen molar-refractivity contribution in [2.45, 2.75) is 6.42 Å². The van der Waals surface area contributed by atoms with Gasteiger partial charge < -0.3 is 15.3 Å². The zero-order chi connectivity index (χ0) is 15.5. The number of hydrogen-bond acceptors (Lipinski definition) is 4. The lowest BCUT2D eigenvalue weighted by Crippen LogP contribution is -2.23. The van der Waals surface area contributed by atoms with E-state index in [2.05, 4.69) is 15.2 Å². The number of para-hydroxylation sites is 1. The quantitative estimate of drug-likeness (QED) is 0.440. The molecule has 0 fully saturated rings. The number of benzene rings is 1. The highest BCUT2D eigenvalue weighted by atomic mass is 16.5. The second-order valence-corrected chi connectivity index (χ2v) is 4.70. The molecule has 0 saturated carbocycles. The molecule has 2 heterocycles. The molecule has 2 N–H and O–H groups in total. The molecule has 0 saturated heterocycles. The Hall–Kier alpha value is -3.22. The monoisotopic (exact) mass is 296 g/mol. The van der Waals surface area contributed by atoms with E-state index in [1.54, 1.807) is 30.3 Å². The van der Waals surface area contributed by atoms with Crippen molar-refractivity contribution in [2.24, 2.45) is 10.2 Å². The van der Waals surface area contributed by atoms with E-state index in [1.165, 1.54) is 12.4 Å². The van der Waals surface area contributed by atoms with Crippen molar-refractivity contribution in [1.29, 1.82) is 0 Å². The van der Waals surface area contributed by atoms with Crippen LogP contribution in [0.3, 0.4) is 0 Å². The van der Waals surface area contributed by atoms with Gasteiger partial charge in [-0.25, -0.2) is 0 Å². The minimum Gasteiger partial charge on any atom is -0.619 e. The molecule has 7 nitrogen and oxygen atoms in total. The number of hydrogen-bond donors (Lipinski definition) is 2. The highest BCUT2D eigenvalue weighted by Gasteiger charge is 2.10. The Morgan fingerprint density at radius 3 is 2.73 bits per heavy atom. The number of pyridine rings is 1. The van der Waals surface area contributed by atoms with Crippen LogP contribution >= 0.6 is 0 Å². The van der Waals surface area contributed by atoms with Crippen LogP contribution in [0.25, 0.3) is 10.9 Å². The van der Waals surface area contributed by atoms with Crippen LogP contribution in [0.5, 0.6) is 5.88 Å². The molecule has 0 unspecified atom stereocenters. The smallest absolute Gasteiger partial charge is 0.269 e. The van der Waals surface area contributed by atoms with Crippen molar-refractivity contribution >= 4 is 22.5 Å². The van der Waals surface area contributed by atoms with E-state index < -0.39 is 5.91 Å². The molecule has 7 heteroatoms. The normalized spacial score (nSPS) is 11.3. The minimum atomic E-state index is -0.465. The topological polar surface area (TPSA) is 105 Å². The number of rotatable bonds is 3. The summed E-state index contributed by atoms with van der Waals surface area (Å²) in [5.74, 6) is -0.599. The molecule has 0 bridgehead atoms. The number of aromatic nitrogens is 2. The first-order valence-electron chi connectivity index (χ1n) is 6.55. The molecule has 110 valence electrons. The fourth-order valence-corrected chi connectivity index (χ4v) is 2.09. The van der Waals surface area contributed by atoms with Gasteiger partial charge in [-0.15, -0.1) is 10.2 Å². The number of fused-ring (bicyclic) bond motifs is 1. The van der Waals surface area contributed by atoms with Gasteiger partial charge in [0.15, 0.2) is 18.1 Å². The SMILES string of the molecule is O=C(Cc1cc[n+]([O-])cc1)N=Nc1c(O)[nH]c2ccccc12. The lowest BCUT2D eigenvalue weighted by Gasteiger charge is -1.97. The number of nitrogens with zero attached hydrogens (tertiary/aromatic N) is 3. The molecule has 0 aliphatic carbocycles. The van der Waals surface area contributed by atoms with Gasteiger partial charge in [-0.05, 0) is 11.6 Å². The molecular weight excluding hydrogens is 284 g/mol. The summed E-state index contributed by atoms with van der Waals surface area (Å²) < 4.78 is 0.638. The lowest BCUT2D eigenvalue weighted by atomic mass is 10.2. The van der Waals surface area contributed by atoms with Crippen LogP contribution in [-0.2, 0) is 11.2 Å². The zero-order valence-electron chi connectivity index (χ0n) is 11.4. The van der Waals surface area contributed by atoms with E-state index in [1.807, 2.05) is 6.07 Å². The van der Waals surface area contributed by atoms with Crippen molar-refractivity contribution in [3.8, 4) is 5.88 Å². The number of nitrogens with one attached hydrogen (secondary N) is 1. The predicted octanol–water partition coefficient (Wildman–Crippen LogP) is 2.36. The third-order valence-corrected chi connectivity index (χ3v) is 3.15. The highest BCUT2D eigenvalue weighted by molar-refractivity contribution is 5.94. The third-order valence-electron chi connectivity index (χ3n) is 3.15. The van der Waals surface area contributed by atoms with Crippen LogP contribution in [-0.4, -0.2) is 16.0 Å². The molecule has 3 rings (SSSR count). The summed E-state index contributed by atoms with van der Waals surface area (Å²) >= 11 is 0. The van der Waals surface area contributed by atoms with Gasteiger partial charge in [-0.3, -0.25) is 4.79 Å². The summed E-state index contributed by atoms with van der Waals surface area (Å²) in [6, 6.07) is 10.3. The zero-order valence-corrected chi connectivity index (χ0v) is 11.4. The molecule has 1 aromatic carbocycles. The maximum Gasteiger partial charge on any atom is 0.269 e. The molecule has 22 heavy (non-hydrogen) atoms. The molecule has 1 amide bonds. The number of amides is 1. The van der Waals surface area contributed by atoms with Gasteiger partial charge in [0.2, 0.25) is 5.88 Å². The van der Waals surface area contributed by atoms with E-state index in [0.29, 0.717) is 21.2 Å². The van der Waals surface area contributed by atoms with Crippen molar-refractivity contribution < 1.29 is 14.6 Å². The summed E-state index contributed by atoms with van der Waals surface area (Å²) in [6.45, 7) is 0. The van der Waals surface area contributed by atoms with Gasteiger partial charge in [0, 0.05) is 17.5 Å². The lowest BCUT2D eigenvalue weighted by molar-refractivity contribution is -0.605. The standard InChI is InChI=1S/C15H12N4O3/c20-13(9-10-5-7-19(22)8-6-10)17-18-14-11-3-1-2-4-12(11)16-15(14)21/h1-8,16,21H,9H2. The molecule has 3 aromatic rings. The first-order chi connectivity index (χ1) is 10.6. The molecule has 0 spiro atoms. The Kier molecular flexibility index (Phi) is 3.53. The Bertz CT molecular complexity index is 853. The van der Waals surface area contributed by atoms with Crippen LogP contribution in [0.1, 0.15) is 5.56 Å². The minimum absolute atomic E-state index is 0.0352. The van der Waals surface area contributed by atoms with E-state index in [-0.39, 0.29) is 18.0 Å². The van der Waals surface area contributed by atoms with E-state index >= 15 is 0 Å². The summed E-state index contributed by atoms with van der Waals surface area (Å²) in [6.07, 6.45) is 2.66. The van der Waals surface area contributed by atoms with E-state index in [9.17, 15) is 15.1 Å². The number of aromatic hydroxyl groups is 1. The molecule has 0 aliphatic rings. The predicted molar refractivity (Wildman–Crippen MR) is 78.6 cm³/mol. The van der Waals surface area contributed by atoms with Crippen LogP contribution < -0.4 is 4.73 Å². The molecular formula is C15H12N4O3. The number of carbonyl (C=O) groups excluding carboxylic acids is 1. The number of carbonyl (C=O) groups is 1. The maximum atomic E-state index is 11.8. The van der Waals surface area contributed by atoms with Crippen molar-refractivity contribution in [2.75, 3.05) is 0 Å². The fraction of sp³-hybridized carbons (Fsp3) is 0.0667. The second kappa shape index (κ2) is 5.65. The van der Waals surface area contributed by atoms with Gasteiger partial charge in [0.1, 0.15) is 0 Å². The number of azo groups is 1. The van der Waals surface area contributed by atoms with Gasteiger partial charge >= 0.3 is 0 Å². The molecule has 2 aromatic heterocycles. The summed E-state index contributed by atoms with van der Waals surface area (Å²) in [5.41, 5.74) is 1.61. The fourth-order valence-electron chi connectivity index (χ4n) is 2.09. The largest absolute Gasteiger partial charge is 0.619 e. The number of aromatic amines is 1. The van der Waals surface area contributed by atoms with Crippen LogP contribution in [0, 0.1) is 5.21 Å². The highest BCUT2D eigenvalue weighted by Crippen LogP contribution is 2.35. The number of H-pyrrole nitrogens is 1. The van der Waals surface area contributed by atoms with Gasteiger partial charge in [-0.2, -0.15) is 4.73 Å². The van der Waals surface area contributed by atoms with Crippen LogP contribution in [0.4, 0.5) is 5.69 Å². The third kappa shape index (κ3) is 2.78. The van der Waals surface area contributed by atoms with Gasteiger partial charge in [-0.1, -0.05) is 18.2 Å². The molecule has 0 aliphatic heterocycles. The molecule has 0 atom stereocenters. The van der Waals surface area contributed by atoms with Gasteiger partial charge in [0.05, 0.1) is 11.9 Å². The van der Waals surface area contributed by atoms with Crippen molar-refractivity contribution in [1.82, 2.24) is 4.98 Å². The first-order valence-corrected chi connectivity index (χ1v) is 6.55. The Balaban J connectivity index is 1.79. The van der Waals surface area contributed by atoms with Crippen LogP contribution in [0.2, 0.25) is 0 Å². The van der Waals surface area contributed by atoms with Gasteiger partial charge in [0.25, 0.3) is 5.91 Å². The summed E-state index contributed by atoms with van der Waals surface area (Å²) in [5, 5.41) is 28.9. The van der Waals surface area contributed by atoms with E-state index in [4.69, 9.17) is 0 Å². The van der Waals surface area contributed by atoms with Crippen molar-refractivity contribution in [3.63, 3.8) is 0 Å². The second-order valence-electron chi connectivity index (χ2n) is 4.70. The van der Waals surface area contributed by atoms with Crippen LogP contribution in [0.15, 0.2) is 59.0 Å². The Labute approximate surface area is 125 Å². The summed E-state index contributed by atoms with van der Waals surface area (Å²) in [7, 11) is 0. The Morgan fingerprint density at radius 2 is 1.95 bits per heavy atom. The average molecular weight is 296 g/mol. The van der Waals surface area contributed by atoms with Crippen molar-refractivity contribution in [3.05, 3.63) is 59.6 Å². The van der Waals surface area contributed by atoms with E-state index in [0.717, 1.165) is 0 Å². The average Bonchev–Trinajstić information content (AvgIpc) is 2.83. The Morgan fingerprint density at radius 1 is 1.23 bits per heavy atom. The maximum absolute atomic E-state index is 11.8.